The van der Waals surface area contributed by atoms with Gasteiger partial charge in [-0.1, -0.05) is 32.4 Å². The van der Waals surface area contributed by atoms with Gasteiger partial charge in [0.1, 0.15) is 11.5 Å². The number of methoxy groups -OCH3 is 1. The average Bonchev–Trinajstić information content (AvgIpc) is 2.92. The molecule has 5 nitrogen and oxygen atoms in total. The Hall–Kier alpha value is -2.82. The molecule has 1 saturated carbocycles. The van der Waals surface area contributed by atoms with Crippen molar-refractivity contribution in [1.82, 2.24) is 0 Å². The molecule has 1 spiro atoms. The number of carbonyl (C=O) groups excluding carboxylic acids is 2. The van der Waals surface area contributed by atoms with Gasteiger partial charge in [0.2, 0.25) is 5.91 Å². The number of rotatable bonds is 4. The van der Waals surface area contributed by atoms with Crippen molar-refractivity contribution >= 4 is 17.4 Å². The highest BCUT2D eigenvalue weighted by Gasteiger charge is 2.55. The van der Waals surface area contributed by atoms with Crippen molar-refractivity contribution in [2.24, 2.45) is 0 Å². The second-order valence-corrected chi connectivity index (χ2v) is 7.12. The van der Waals surface area contributed by atoms with Gasteiger partial charge in [0.25, 0.3) is 0 Å². The lowest BCUT2D eigenvalue weighted by Gasteiger charge is -2.37. The second kappa shape index (κ2) is 7.66. The first-order chi connectivity index (χ1) is 13.5. The molecule has 0 saturated heterocycles. The first-order valence-corrected chi connectivity index (χ1v) is 9.79. The zero-order valence-electron chi connectivity index (χ0n) is 16.9. The van der Waals surface area contributed by atoms with E-state index in [1.54, 1.807) is 18.1 Å². The van der Waals surface area contributed by atoms with Crippen molar-refractivity contribution in [2.75, 3.05) is 12.0 Å². The Kier molecular flexibility index (Phi) is 5.45. The molecule has 148 valence electrons. The van der Waals surface area contributed by atoms with Gasteiger partial charge in [0.15, 0.2) is 5.78 Å². The third kappa shape index (κ3) is 3.05. The zero-order chi connectivity index (χ0) is 20.5. The molecule has 1 fully saturated rings. The SMILES string of the molecule is CC.COc1ccc(CN2C(=O)C3(CCC3)c3cc(C(C)=O)cc(O)c32)cc1. The number of ether oxygens (including phenoxy) is 1. The molecule has 1 N–H and O–H groups in total. The first-order valence-electron chi connectivity index (χ1n) is 9.79. The Balaban J connectivity index is 0.00000109. The summed E-state index contributed by atoms with van der Waals surface area (Å²) < 4.78 is 5.18. The predicted molar refractivity (Wildman–Crippen MR) is 109 cm³/mol. The summed E-state index contributed by atoms with van der Waals surface area (Å²) in [5.41, 5.74) is 2.18. The fourth-order valence-electron chi connectivity index (χ4n) is 4.02. The smallest absolute Gasteiger partial charge is 0.238 e. The van der Waals surface area contributed by atoms with E-state index in [2.05, 4.69) is 0 Å². The number of anilines is 1. The van der Waals surface area contributed by atoms with Crippen LogP contribution in [0.1, 0.15) is 61.5 Å². The molecule has 1 heterocycles. The fraction of sp³-hybridized carbons (Fsp3) is 0.391. The minimum atomic E-state index is -0.579. The van der Waals surface area contributed by atoms with Crippen LogP contribution in [0.3, 0.4) is 0 Å². The van der Waals surface area contributed by atoms with Gasteiger partial charge in [-0.15, -0.1) is 0 Å². The van der Waals surface area contributed by atoms with E-state index < -0.39 is 5.41 Å². The van der Waals surface area contributed by atoms with E-state index in [1.807, 2.05) is 38.1 Å². The van der Waals surface area contributed by atoms with Crippen molar-refractivity contribution in [3.05, 3.63) is 53.1 Å². The Bertz CT molecular complexity index is 898. The van der Waals surface area contributed by atoms with Gasteiger partial charge in [-0.3, -0.25) is 9.59 Å². The van der Waals surface area contributed by atoms with Crippen LogP contribution >= 0.6 is 0 Å². The van der Waals surface area contributed by atoms with Crippen LogP contribution in [0.2, 0.25) is 0 Å². The average molecular weight is 381 g/mol. The molecule has 0 atom stereocenters. The highest BCUT2D eigenvalue weighted by molar-refractivity contribution is 6.11. The molecule has 2 aliphatic rings. The van der Waals surface area contributed by atoms with Crippen LogP contribution < -0.4 is 9.64 Å². The molecule has 2 aromatic rings. The molecule has 1 amide bonds. The summed E-state index contributed by atoms with van der Waals surface area (Å²) in [5, 5.41) is 10.6. The van der Waals surface area contributed by atoms with Gasteiger partial charge >= 0.3 is 0 Å². The van der Waals surface area contributed by atoms with Crippen LogP contribution in [0, 0.1) is 0 Å². The molecular formula is C23H27NO4. The molecule has 0 bridgehead atoms. The number of phenols is 1. The Morgan fingerprint density at radius 3 is 2.32 bits per heavy atom. The maximum absolute atomic E-state index is 13.2. The molecule has 1 aliphatic carbocycles. The van der Waals surface area contributed by atoms with Gasteiger partial charge < -0.3 is 14.7 Å². The monoisotopic (exact) mass is 381 g/mol. The maximum Gasteiger partial charge on any atom is 0.238 e. The number of carbonyl (C=O) groups is 2. The van der Waals surface area contributed by atoms with Crippen LogP contribution in [0.25, 0.3) is 0 Å². The molecule has 0 aromatic heterocycles. The largest absolute Gasteiger partial charge is 0.506 e. The molecule has 0 unspecified atom stereocenters. The van der Waals surface area contributed by atoms with Crippen LogP contribution in [0.15, 0.2) is 36.4 Å². The predicted octanol–water partition coefficient (Wildman–Crippen LogP) is 4.60. The summed E-state index contributed by atoms with van der Waals surface area (Å²) in [7, 11) is 1.61. The lowest BCUT2D eigenvalue weighted by atomic mass is 9.65. The number of benzene rings is 2. The number of nitrogens with zero attached hydrogens (tertiary/aromatic N) is 1. The van der Waals surface area contributed by atoms with Crippen molar-refractivity contribution in [3.63, 3.8) is 0 Å². The molecule has 5 heteroatoms. The van der Waals surface area contributed by atoms with E-state index in [1.165, 1.54) is 13.0 Å². The Morgan fingerprint density at radius 1 is 1.18 bits per heavy atom. The van der Waals surface area contributed by atoms with E-state index in [0.29, 0.717) is 17.8 Å². The van der Waals surface area contributed by atoms with Crippen LogP contribution in [-0.2, 0) is 16.8 Å². The first kappa shape index (κ1) is 19.9. The van der Waals surface area contributed by atoms with Crippen molar-refractivity contribution in [1.29, 1.82) is 0 Å². The number of Topliss-reactive ketones (excluding diaryl/α,β-unsaturated/α-hetero) is 1. The van der Waals surface area contributed by atoms with E-state index >= 15 is 0 Å². The summed E-state index contributed by atoms with van der Waals surface area (Å²) in [4.78, 5) is 26.7. The van der Waals surface area contributed by atoms with Gasteiger partial charge in [-0.05, 0) is 55.2 Å². The Labute approximate surface area is 165 Å². The quantitative estimate of drug-likeness (QED) is 0.786. The van der Waals surface area contributed by atoms with Crippen LogP contribution in [-0.4, -0.2) is 23.9 Å². The third-order valence-corrected chi connectivity index (χ3v) is 5.64. The summed E-state index contributed by atoms with van der Waals surface area (Å²) in [6, 6.07) is 10.8. The summed E-state index contributed by atoms with van der Waals surface area (Å²) in [5.74, 6) is 0.661. The highest BCUT2D eigenvalue weighted by atomic mass is 16.5. The summed E-state index contributed by atoms with van der Waals surface area (Å²) >= 11 is 0. The lowest BCUT2D eigenvalue weighted by molar-refractivity contribution is -0.126. The molecule has 4 rings (SSSR count). The minimum Gasteiger partial charge on any atom is -0.506 e. The summed E-state index contributed by atoms with van der Waals surface area (Å²) in [6.07, 6.45) is 2.50. The van der Waals surface area contributed by atoms with Gasteiger partial charge in [-0.25, -0.2) is 0 Å². The number of amides is 1. The van der Waals surface area contributed by atoms with E-state index in [0.717, 1.165) is 36.1 Å². The summed E-state index contributed by atoms with van der Waals surface area (Å²) in [6.45, 7) is 5.85. The maximum atomic E-state index is 13.2. The Morgan fingerprint density at radius 2 is 1.82 bits per heavy atom. The fourth-order valence-corrected chi connectivity index (χ4v) is 4.02. The number of hydrogen-bond donors (Lipinski definition) is 1. The molecule has 2 aromatic carbocycles. The van der Waals surface area contributed by atoms with E-state index in [-0.39, 0.29) is 17.4 Å². The van der Waals surface area contributed by atoms with Crippen molar-refractivity contribution in [3.8, 4) is 11.5 Å². The van der Waals surface area contributed by atoms with Gasteiger partial charge in [-0.2, -0.15) is 0 Å². The number of ketones is 1. The number of hydrogen-bond acceptors (Lipinski definition) is 4. The van der Waals surface area contributed by atoms with Crippen LogP contribution in [0.4, 0.5) is 5.69 Å². The number of phenolic OH excluding ortho intramolecular Hbond substituents is 1. The topological polar surface area (TPSA) is 66.8 Å². The van der Waals surface area contributed by atoms with E-state index in [9.17, 15) is 14.7 Å². The second-order valence-electron chi connectivity index (χ2n) is 7.12. The number of fused-ring (bicyclic) bond motifs is 2. The van der Waals surface area contributed by atoms with Crippen molar-refractivity contribution < 1.29 is 19.4 Å². The molecular weight excluding hydrogens is 354 g/mol. The molecule has 28 heavy (non-hydrogen) atoms. The minimum absolute atomic E-state index is 0.00154. The molecule has 0 radical (unpaired) electrons. The number of aromatic hydroxyl groups is 1. The van der Waals surface area contributed by atoms with Crippen molar-refractivity contribution in [2.45, 2.75) is 52.0 Å². The van der Waals surface area contributed by atoms with E-state index in [4.69, 9.17) is 4.74 Å². The lowest BCUT2D eigenvalue weighted by Crippen LogP contribution is -2.44. The molecule has 1 aliphatic heterocycles. The highest BCUT2D eigenvalue weighted by Crippen LogP contribution is 2.56. The zero-order valence-corrected chi connectivity index (χ0v) is 16.9. The standard InChI is InChI=1S/C21H21NO4.C2H6/c1-13(23)15-10-17-19(18(24)11-15)22(20(25)21(17)8-3-9-21)12-14-4-6-16(26-2)7-5-14;1-2/h4-7,10-11,24H,3,8-9,12H2,1-2H3;1-2H3. The third-order valence-electron chi connectivity index (χ3n) is 5.64. The van der Waals surface area contributed by atoms with Gasteiger partial charge in [0, 0.05) is 5.56 Å². The van der Waals surface area contributed by atoms with Crippen LogP contribution in [0.5, 0.6) is 11.5 Å². The normalized spacial score (nSPS) is 16.1. The van der Waals surface area contributed by atoms with Gasteiger partial charge in [0.05, 0.1) is 24.8 Å².